The minimum Gasteiger partial charge on any atom is -0.497 e. The number of carbonyl (C=O) groups is 2. The van der Waals surface area contributed by atoms with E-state index in [0.717, 1.165) is 12.0 Å². The normalized spacial score (nSPS) is 10.2. The topological polar surface area (TPSA) is 79.8 Å². The number of nitrogens with zero attached hydrogens (tertiary/aromatic N) is 1. The molecule has 0 fully saturated rings. The standard InChI is InChI=1S/C13H17N3O3/c1-3-7-14-12(17)13(18)16-15-9-10-5-4-6-11(8-10)19-2/h4-6,8-9H,3,7H2,1-2H3,(H,14,17)(H,16,18). The lowest BCUT2D eigenvalue weighted by Crippen LogP contribution is -2.38. The number of ether oxygens (including phenoxy) is 1. The Kier molecular flexibility index (Phi) is 6.08. The van der Waals surface area contributed by atoms with Gasteiger partial charge in [-0.15, -0.1) is 0 Å². The zero-order valence-corrected chi connectivity index (χ0v) is 11.0. The molecular formula is C13H17N3O3. The van der Waals surface area contributed by atoms with Crippen LogP contribution in [0.25, 0.3) is 0 Å². The zero-order valence-electron chi connectivity index (χ0n) is 11.0. The van der Waals surface area contributed by atoms with Gasteiger partial charge in [0.2, 0.25) is 0 Å². The van der Waals surface area contributed by atoms with Crippen LogP contribution in [0.1, 0.15) is 18.9 Å². The van der Waals surface area contributed by atoms with Crippen LogP contribution in [0, 0.1) is 0 Å². The second-order valence-electron chi connectivity index (χ2n) is 3.73. The van der Waals surface area contributed by atoms with Gasteiger partial charge in [0.05, 0.1) is 13.3 Å². The zero-order chi connectivity index (χ0) is 14.1. The van der Waals surface area contributed by atoms with E-state index in [2.05, 4.69) is 15.8 Å². The number of hydrogen-bond acceptors (Lipinski definition) is 4. The average molecular weight is 263 g/mol. The number of hydrogen-bond donors (Lipinski definition) is 2. The Hall–Kier alpha value is -2.37. The van der Waals surface area contributed by atoms with E-state index in [-0.39, 0.29) is 0 Å². The first-order valence-electron chi connectivity index (χ1n) is 5.92. The molecule has 0 bridgehead atoms. The molecule has 0 unspecified atom stereocenters. The smallest absolute Gasteiger partial charge is 0.329 e. The molecule has 0 aliphatic rings. The summed E-state index contributed by atoms with van der Waals surface area (Å²) in [6, 6.07) is 7.16. The van der Waals surface area contributed by atoms with Crippen molar-refractivity contribution in [3.63, 3.8) is 0 Å². The summed E-state index contributed by atoms with van der Waals surface area (Å²) < 4.78 is 5.05. The van der Waals surface area contributed by atoms with Crippen molar-refractivity contribution >= 4 is 18.0 Å². The van der Waals surface area contributed by atoms with Crippen LogP contribution < -0.4 is 15.5 Å². The molecule has 0 saturated heterocycles. The molecule has 0 aliphatic carbocycles. The van der Waals surface area contributed by atoms with Crippen molar-refractivity contribution in [3.8, 4) is 5.75 Å². The number of amides is 2. The van der Waals surface area contributed by atoms with Crippen LogP contribution in [-0.2, 0) is 9.59 Å². The van der Waals surface area contributed by atoms with Crippen LogP contribution in [0.5, 0.6) is 5.75 Å². The number of nitrogens with one attached hydrogen (secondary N) is 2. The van der Waals surface area contributed by atoms with E-state index in [4.69, 9.17) is 4.74 Å². The molecule has 2 N–H and O–H groups in total. The lowest BCUT2D eigenvalue weighted by molar-refractivity contribution is -0.139. The Morgan fingerprint density at radius 2 is 2.16 bits per heavy atom. The van der Waals surface area contributed by atoms with E-state index in [1.807, 2.05) is 6.92 Å². The first-order chi connectivity index (χ1) is 9.17. The Labute approximate surface area is 111 Å². The van der Waals surface area contributed by atoms with Gasteiger partial charge in [0.25, 0.3) is 0 Å². The molecule has 0 heterocycles. The Balaban J connectivity index is 2.48. The van der Waals surface area contributed by atoms with Gasteiger partial charge in [0.15, 0.2) is 0 Å². The maximum atomic E-state index is 11.3. The lowest BCUT2D eigenvalue weighted by atomic mass is 10.2. The van der Waals surface area contributed by atoms with E-state index in [1.165, 1.54) is 6.21 Å². The largest absolute Gasteiger partial charge is 0.497 e. The van der Waals surface area contributed by atoms with Crippen LogP contribution in [-0.4, -0.2) is 31.7 Å². The van der Waals surface area contributed by atoms with Crippen molar-refractivity contribution < 1.29 is 14.3 Å². The minimum absolute atomic E-state index is 0.464. The summed E-state index contributed by atoms with van der Waals surface area (Å²) in [5.74, 6) is -0.784. The van der Waals surface area contributed by atoms with Crippen LogP contribution in [0.4, 0.5) is 0 Å². The van der Waals surface area contributed by atoms with Crippen molar-refractivity contribution in [3.05, 3.63) is 29.8 Å². The molecule has 102 valence electrons. The lowest BCUT2D eigenvalue weighted by Gasteiger charge is -2.01. The van der Waals surface area contributed by atoms with Gasteiger partial charge in [0, 0.05) is 6.54 Å². The average Bonchev–Trinajstić information content (AvgIpc) is 2.44. The van der Waals surface area contributed by atoms with Crippen molar-refractivity contribution in [1.82, 2.24) is 10.7 Å². The molecule has 19 heavy (non-hydrogen) atoms. The minimum atomic E-state index is -0.785. The van der Waals surface area contributed by atoms with Crippen molar-refractivity contribution in [1.29, 1.82) is 0 Å². The van der Waals surface area contributed by atoms with Crippen LogP contribution in [0.15, 0.2) is 29.4 Å². The number of rotatable bonds is 5. The van der Waals surface area contributed by atoms with Crippen LogP contribution in [0.2, 0.25) is 0 Å². The van der Waals surface area contributed by atoms with Crippen LogP contribution in [0.3, 0.4) is 0 Å². The maximum absolute atomic E-state index is 11.3. The van der Waals surface area contributed by atoms with Crippen molar-refractivity contribution in [2.75, 3.05) is 13.7 Å². The van der Waals surface area contributed by atoms with E-state index >= 15 is 0 Å². The molecule has 1 rings (SSSR count). The Bertz CT molecular complexity index is 472. The SMILES string of the molecule is CCCNC(=O)C(=O)NN=Cc1cccc(OC)c1. The number of hydrazone groups is 1. The summed E-state index contributed by atoms with van der Waals surface area (Å²) in [7, 11) is 1.57. The number of benzene rings is 1. The second kappa shape index (κ2) is 7.86. The molecule has 6 nitrogen and oxygen atoms in total. The van der Waals surface area contributed by atoms with Gasteiger partial charge in [-0.2, -0.15) is 5.10 Å². The second-order valence-corrected chi connectivity index (χ2v) is 3.73. The van der Waals surface area contributed by atoms with Gasteiger partial charge < -0.3 is 10.1 Å². The van der Waals surface area contributed by atoms with Crippen LogP contribution >= 0.6 is 0 Å². The predicted octanol–water partition coefficient (Wildman–Crippen LogP) is 0.672. The first-order valence-corrected chi connectivity index (χ1v) is 5.92. The third-order valence-electron chi connectivity index (χ3n) is 2.22. The first kappa shape index (κ1) is 14.7. The number of methoxy groups -OCH3 is 1. The molecule has 0 aliphatic heterocycles. The monoisotopic (exact) mass is 263 g/mol. The highest BCUT2D eigenvalue weighted by Crippen LogP contribution is 2.10. The third-order valence-corrected chi connectivity index (χ3v) is 2.22. The molecule has 1 aromatic rings. The van der Waals surface area contributed by atoms with Crippen molar-refractivity contribution in [2.24, 2.45) is 5.10 Å². The Morgan fingerprint density at radius 1 is 1.37 bits per heavy atom. The molecule has 2 amide bonds. The third kappa shape index (κ3) is 5.20. The summed E-state index contributed by atoms with van der Waals surface area (Å²) >= 11 is 0. The highest BCUT2D eigenvalue weighted by Gasteiger charge is 2.10. The van der Waals surface area contributed by atoms with Gasteiger partial charge in [0.1, 0.15) is 5.75 Å². The van der Waals surface area contributed by atoms with Crippen molar-refractivity contribution in [2.45, 2.75) is 13.3 Å². The summed E-state index contributed by atoms with van der Waals surface area (Å²) in [4.78, 5) is 22.5. The van der Waals surface area contributed by atoms with Gasteiger partial charge in [-0.25, -0.2) is 5.43 Å². The maximum Gasteiger partial charge on any atom is 0.329 e. The van der Waals surface area contributed by atoms with Gasteiger partial charge in [-0.05, 0) is 24.1 Å². The highest BCUT2D eigenvalue weighted by atomic mass is 16.5. The van der Waals surface area contributed by atoms with Gasteiger partial charge in [-0.3, -0.25) is 9.59 Å². The van der Waals surface area contributed by atoms with Gasteiger partial charge >= 0.3 is 11.8 Å². The van der Waals surface area contributed by atoms with Gasteiger partial charge in [-0.1, -0.05) is 19.1 Å². The summed E-state index contributed by atoms with van der Waals surface area (Å²) in [6.07, 6.45) is 2.21. The van der Waals surface area contributed by atoms with E-state index in [9.17, 15) is 9.59 Å². The number of carbonyl (C=O) groups excluding carboxylic acids is 2. The fourth-order valence-corrected chi connectivity index (χ4v) is 1.26. The van der Waals surface area contributed by atoms with E-state index in [1.54, 1.807) is 31.4 Å². The molecule has 0 saturated carbocycles. The molecule has 0 atom stereocenters. The summed E-state index contributed by atoms with van der Waals surface area (Å²) in [5.41, 5.74) is 2.91. The molecular weight excluding hydrogens is 246 g/mol. The molecule has 0 radical (unpaired) electrons. The molecule has 6 heteroatoms. The predicted molar refractivity (Wildman–Crippen MR) is 72.0 cm³/mol. The highest BCUT2D eigenvalue weighted by molar-refractivity contribution is 6.35. The summed E-state index contributed by atoms with van der Waals surface area (Å²) in [5, 5.41) is 6.16. The quantitative estimate of drug-likeness (QED) is 0.465. The van der Waals surface area contributed by atoms with E-state index in [0.29, 0.717) is 12.3 Å². The molecule has 1 aromatic carbocycles. The molecule has 0 spiro atoms. The summed E-state index contributed by atoms with van der Waals surface area (Å²) in [6.45, 7) is 2.37. The van der Waals surface area contributed by atoms with E-state index < -0.39 is 11.8 Å². The molecule has 0 aromatic heterocycles. The Morgan fingerprint density at radius 3 is 2.84 bits per heavy atom. The fourth-order valence-electron chi connectivity index (χ4n) is 1.26. The fraction of sp³-hybridized carbons (Fsp3) is 0.308.